The van der Waals surface area contributed by atoms with Gasteiger partial charge in [0.05, 0.1) is 13.7 Å². The predicted octanol–water partition coefficient (Wildman–Crippen LogP) is 3.30. The summed E-state index contributed by atoms with van der Waals surface area (Å²) in [5.41, 5.74) is 7.44. The van der Waals surface area contributed by atoms with Gasteiger partial charge in [0.15, 0.2) is 29.0 Å². The number of anilines is 1. The topological polar surface area (TPSA) is 144 Å². The van der Waals surface area contributed by atoms with Crippen molar-refractivity contribution in [2.45, 2.75) is 19.9 Å². The van der Waals surface area contributed by atoms with Gasteiger partial charge in [-0.05, 0) is 67.4 Å². The van der Waals surface area contributed by atoms with E-state index in [1.165, 1.54) is 17.9 Å². The summed E-state index contributed by atoms with van der Waals surface area (Å²) in [4.78, 5) is 19.9. The summed E-state index contributed by atoms with van der Waals surface area (Å²) in [6, 6.07) is 12.6. The van der Waals surface area contributed by atoms with Crippen LogP contribution in [0, 0.1) is 18.2 Å². The van der Waals surface area contributed by atoms with Gasteiger partial charge < -0.3 is 20.5 Å². The van der Waals surface area contributed by atoms with Crippen molar-refractivity contribution in [3.63, 3.8) is 0 Å². The Labute approximate surface area is 206 Å². The SMILES string of the molecule is CCOc1cc(C(Nc2ccc(C(=N)N)cc2)c2nn(-c3ncccc3C)c(=O)[nH]2)cc(F)c1OC. The molecule has 0 bridgehead atoms. The van der Waals surface area contributed by atoms with Crippen molar-refractivity contribution < 1.29 is 13.9 Å². The summed E-state index contributed by atoms with van der Waals surface area (Å²) in [5.74, 6) is 0.118. The largest absolute Gasteiger partial charge is 0.490 e. The lowest BCUT2D eigenvalue weighted by Crippen LogP contribution is -2.18. The molecule has 0 saturated heterocycles. The molecular formula is C25H26FN7O3. The average molecular weight is 492 g/mol. The molecule has 0 spiro atoms. The van der Waals surface area contributed by atoms with E-state index in [4.69, 9.17) is 20.6 Å². The molecule has 2 aromatic heterocycles. The molecule has 0 aliphatic heterocycles. The van der Waals surface area contributed by atoms with E-state index in [1.54, 1.807) is 49.5 Å². The van der Waals surface area contributed by atoms with Gasteiger partial charge in [0.1, 0.15) is 11.9 Å². The van der Waals surface area contributed by atoms with Crippen LogP contribution in [0.25, 0.3) is 5.82 Å². The molecule has 1 atom stereocenters. The summed E-state index contributed by atoms with van der Waals surface area (Å²) >= 11 is 0. The molecule has 10 nitrogen and oxygen atoms in total. The highest BCUT2D eigenvalue weighted by atomic mass is 19.1. The molecule has 11 heteroatoms. The first-order chi connectivity index (χ1) is 17.3. The number of hydrogen-bond acceptors (Lipinski definition) is 7. The second-order valence-electron chi connectivity index (χ2n) is 7.91. The number of pyridine rings is 1. The fourth-order valence-electron chi connectivity index (χ4n) is 3.75. The number of benzene rings is 2. The molecule has 0 radical (unpaired) electrons. The van der Waals surface area contributed by atoms with E-state index in [2.05, 4.69) is 20.4 Å². The number of hydrogen-bond donors (Lipinski definition) is 4. The third-order valence-electron chi connectivity index (χ3n) is 5.47. The van der Waals surface area contributed by atoms with Gasteiger partial charge in [0.2, 0.25) is 0 Å². The standard InChI is InChI=1S/C25H26FN7O3/c1-4-36-19-13-16(12-18(26)21(19)35-3)20(30-17-9-7-15(8-10-17)22(27)28)23-31-25(34)33(32-23)24-14(2)6-5-11-29-24/h5-13,20,30H,4H2,1-3H3,(H3,27,28)(H,31,32,34). The first-order valence-electron chi connectivity index (χ1n) is 11.1. The number of halogens is 1. The van der Waals surface area contributed by atoms with Crippen LogP contribution in [-0.2, 0) is 0 Å². The Bertz CT molecular complexity index is 1450. The minimum atomic E-state index is -0.786. The monoisotopic (exact) mass is 491 g/mol. The zero-order valence-corrected chi connectivity index (χ0v) is 20.0. The minimum Gasteiger partial charge on any atom is -0.490 e. The van der Waals surface area contributed by atoms with Crippen LogP contribution in [0.1, 0.15) is 35.5 Å². The highest BCUT2D eigenvalue weighted by Gasteiger charge is 2.24. The second kappa shape index (κ2) is 10.3. The summed E-state index contributed by atoms with van der Waals surface area (Å²) in [7, 11) is 1.36. The smallest absolute Gasteiger partial charge is 0.349 e. The van der Waals surface area contributed by atoms with Crippen molar-refractivity contribution in [2.75, 3.05) is 19.0 Å². The van der Waals surface area contributed by atoms with E-state index in [0.29, 0.717) is 29.2 Å². The normalized spacial score (nSPS) is 11.7. The highest BCUT2D eigenvalue weighted by molar-refractivity contribution is 5.95. The first-order valence-corrected chi connectivity index (χ1v) is 11.1. The van der Waals surface area contributed by atoms with Gasteiger partial charge in [-0.3, -0.25) is 10.4 Å². The van der Waals surface area contributed by atoms with Crippen molar-refractivity contribution in [2.24, 2.45) is 5.73 Å². The third kappa shape index (κ3) is 4.90. The Morgan fingerprint density at radius 2 is 2.03 bits per heavy atom. The Morgan fingerprint density at radius 1 is 1.28 bits per heavy atom. The predicted molar refractivity (Wildman–Crippen MR) is 134 cm³/mol. The molecule has 36 heavy (non-hydrogen) atoms. The number of nitrogens with one attached hydrogen (secondary N) is 3. The molecule has 2 heterocycles. The number of ether oxygens (including phenoxy) is 2. The highest BCUT2D eigenvalue weighted by Crippen LogP contribution is 2.36. The van der Waals surface area contributed by atoms with Gasteiger partial charge in [-0.2, -0.15) is 4.68 Å². The second-order valence-corrected chi connectivity index (χ2v) is 7.91. The van der Waals surface area contributed by atoms with Crippen molar-refractivity contribution in [3.8, 4) is 17.3 Å². The van der Waals surface area contributed by atoms with Gasteiger partial charge in [-0.25, -0.2) is 14.2 Å². The molecule has 186 valence electrons. The zero-order chi connectivity index (χ0) is 25.8. The van der Waals surface area contributed by atoms with Crippen LogP contribution in [0.4, 0.5) is 10.1 Å². The molecule has 2 aromatic carbocycles. The van der Waals surface area contributed by atoms with Gasteiger partial charge in [-0.15, -0.1) is 5.10 Å². The summed E-state index contributed by atoms with van der Waals surface area (Å²) < 4.78 is 27.0. The maximum atomic E-state index is 15.0. The maximum absolute atomic E-state index is 15.0. The Kier molecular flexibility index (Phi) is 7.00. The van der Waals surface area contributed by atoms with Crippen LogP contribution in [0.3, 0.4) is 0 Å². The fourth-order valence-corrected chi connectivity index (χ4v) is 3.75. The quantitative estimate of drug-likeness (QED) is 0.208. The molecule has 4 rings (SSSR count). The van der Waals surface area contributed by atoms with E-state index >= 15 is 4.39 Å². The van der Waals surface area contributed by atoms with Crippen LogP contribution >= 0.6 is 0 Å². The van der Waals surface area contributed by atoms with Gasteiger partial charge in [0, 0.05) is 17.4 Å². The van der Waals surface area contributed by atoms with Crippen molar-refractivity contribution >= 4 is 11.5 Å². The van der Waals surface area contributed by atoms with Crippen LogP contribution in [0.2, 0.25) is 0 Å². The van der Waals surface area contributed by atoms with Crippen molar-refractivity contribution in [3.05, 3.63) is 93.5 Å². The summed E-state index contributed by atoms with van der Waals surface area (Å²) in [6.07, 6.45) is 1.57. The number of nitrogen functional groups attached to an aromatic ring is 1. The minimum absolute atomic E-state index is 0.0201. The van der Waals surface area contributed by atoms with Crippen molar-refractivity contribution in [1.29, 1.82) is 5.41 Å². The number of nitrogens with zero attached hydrogens (tertiary/aromatic N) is 3. The number of aromatic nitrogens is 4. The number of methoxy groups -OCH3 is 1. The lowest BCUT2D eigenvalue weighted by atomic mass is 10.0. The average Bonchev–Trinajstić information content (AvgIpc) is 3.24. The van der Waals surface area contributed by atoms with E-state index in [1.807, 2.05) is 13.0 Å². The Morgan fingerprint density at radius 3 is 2.67 bits per heavy atom. The third-order valence-corrected chi connectivity index (χ3v) is 5.47. The first kappa shape index (κ1) is 24.5. The number of rotatable bonds is 9. The number of H-pyrrole nitrogens is 1. The van der Waals surface area contributed by atoms with Gasteiger partial charge >= 0.3 is 5.69 Å². The molecule has 0 aliphatic rings. The summed E-state index contributed by atoms with van der Waals surface area (Å²) in [6.45, 7) is 3.90. The molecule has 1 unspecified atom stereocenters. The molecule has 0 aliphatic carbocycles. The van der Waals surface area contributed by atoms with E-state index < -0.39 is 17.5 Å². The van der Waals surface area contributed by atoms with Gasteiger partial charge in [0.25, 0.3) is 0 Å². The number of amidine groups is 1. The molecular weight excluding hydrogens is 465 g/mol. The van der Waals surface area contributed by atoms with Crippen LogP contribution in [0.5, 0.6) is 11.5 Å². The Hall–Kier alpha value is -4.67. The van der Waals surface area contributed by atoms with E-state index in [0.717, 1.165) is 5.56 Å². The number of aryl methyl sites for hydroxylation is 1. The summed E-state index contributed by atoms with van der Waals surface area (Å²) in [5, 5.41) is 15.4. The zero-order valence-electron chi connectivity index (χ0n) is 20.0. The van der Waals surface area contributed by atoms with E-state index in [-0.39, 0.29) is 23.2 Å². The van der Waals surface area contributed by atoms with Crippen molar-refractivity contribution in [1.82, 2.24) is 19.7 Å². The molecule has 0 saturated carbocycles. The number of nitrogens with two attached hydrogens (primary N) is 1. The molecule has 4 aromatic rings. The van der Waals surface area contributed by atoms with E-state index in [9.17, 15) is 4.79 Å². The lowest BCUT2D eigenvalue weighted by Gasteiger charge is -2.20. The van der Waals surface area contributed by atoms with Crippen LogP contribution in [0.15, 0.2) is 59.5 Å². The van der Waals surface area contributed by atoms with Gasteiger partial charge in [-0.1, -0.05) is 6.07 Å². The molecule has 5 N–H and O–H groups in total. The molecule has 0 amide bonds. The van der Waals surface area contributed by atoms with Crippen LogP contribution < -0.4 is 26.2 Å². The molecule has 0 fully saturated rings. The Balaban J connectivity index is 1.84. The van der Waals surface area contributed by atoms with Crippen LogP contribution in [-0.4, -0.2) is 39.3 Å². The fraction of sp³-hybridized carbons (Fsp3) is 0.200. The number of aromatic amines is 1. The maximum Gasteiger partial charge on any atom is 0.349 e. The lowest BCUT2D eigenvalue weighted by molar-refractivity contribution is 0.301.